The highest BCUT2D eigenvalue weighted by Gasteiger charge is 2.43. The van der Waals surface area contributed by atoms with Gasteiger partial charge in [0.15, 0.2) is 0 Å². The summed E-state index contributed by atoms with van der Waals surface area (Å²) in [6.45, 7) is 4.80. The van der Waals surface area contributed by atoms with Crippen molar-refractivity contribution >= 4 is 5.69 Å². The third-order valence-corrected chi connectivity index (χ3v) is 1.85. The van der Waals surface area contributed by atoms with E-state index in [2.05, 4.69) is 5.10 Å². The molecule has 0 atom stereocenters. The molecule has 0 saturated carbocycles. The molecule has 0 unspecified atom stereocenters. The van der Waals surface area contributed by atoms with Gasteiger partial charge in [0.05, 0.1) is 10.5 Å². The summed E-state index contributed by atoms with van der Waals surface area (Å²) in [5.41, 5.74) is -3.23. The maximum Gasteiger partial charge on any atom is 0.442 e. The van der Waals surface area contributed by atoms with E-state index in [4.69, 9.17) is 0 Å². The SMILES string of the molecule is CC(C)(C)n1cc([N+](=O)[O-])c(C(F)(F)F)n1. The Hall–Kier alpha value is -1.60. The zero-order chi connectivity index (χ0) is 12.7. The summed E-state index contributed by atoms with van der Waals surface area (Å²) in [7, 11) is 0. The first-order valence-electron chi connectivity index (χ1n) is 4.35. The molecule has 0 aliphatic carbocycles. The molecule has 0 radical (unpaired) electrons. The van der Waals surface area contributed by atoms with Crippen LogP contribution in [0.1, 0.15) is 26.5 Å². The summed E-state index contributed by atoms with van der Waals surface area (Å²) in [6, 6.07) is 0. The molecule has 0 aromatic carbocycles. The third kappa shape index (κ3) is 2.31. The van der Waals surface area contributed by atoms with E-state index in [1.54, 1.807) is 20.8 Å². The summed E-state index contributed by atoms with van der Waals surface area (Å²) in [5, 5.41) is 13.7. The summed E-state index contributed by atoms with van der Waals surface area (Å²) < 4.78 is 38.2. The van der Waals surface area contributed by atoms with Crippen LogP contribution in [0, 0.1) is 10.1 Å². The van der Waals surface area contributed by atoms with Crippen LogP contribution in [0.4, 0.5) is 18.9 Å². The fourth-order valence-corrected chi connectivity index (χ4v) is 1.04. The molecule has 16 heavy (non-hydrogen) atoms. The van der Waals surface area contributed by atoms with E-state index in [0.717, 1.165) is 10.9 Å². The van der Waals surface area contributed by atoms with Gasteiger partial charge in [-0.2, -0.15) is 18.3 Å². The van der Waals surface area contributed by atoms with Gasteiger partial charge in [-0.3, -0.25) is 14.8 Å². The molecule has 0 saturated heterocycles. The second-order valence-electron chi connectivity index (χ2n) is 4.23. The first kappa shape index (κ1) is 12.5. The molecule has 0 bridgehead atoms. The van der Waals surface area contributed by atoms with E-state index in [1.165, 1.54) is 0 Å². The van der Waals surface area contributed by atoms with Crippen molar-refractivity contribution in [2.75, 3.05) is 0 Å². The Morgan fingerprint density at radius 2 is 1.88 bits per heavy atom. The van der Waals surface area contributed by atoms with Gasteiger partial charge in [-0.25, -0.2) is 0 Å². The molecule has 5 nitrogen and oxygen atoms in total. The third-order valence-electron chi connectivity index (χ3n) is 1.85. The topological polar surface area (TPSA) is 61.0 Å². The summed E-state index contributed by atoms with van der Waals surface area (Å²) >= 11 is 0. The molecule has 90 valence electrons. The van der Waals surface area contributed by atoms with Gasteiger partial charge < -0.3 is 0 Å². The smallest absolute Gasteiger partial charge is 0.260 e. The van der Waals surface area contributed by atoms with Crippen LogP contribution in [-0.4, -0.2) is 14.7 Å². The molecular formula is C8H10F3N3O2. The average molecular weight is 237 g/mol. The van der Waals surface area contributed by atoms with Gasteiger partial charge in [0.1, 0.15) is 6.20 Å². The number of nitrogens with zero attached hydrogens (tertiary/aromatic N) is 3. The quantitative estimate of drug-likeness (QED) is 0.557. The Kier molecular flexibility index (Phi) is 2.70. The van der Waals surface area contributed by atoms with Crippen molar-refractivity contribution < 1.29 is 18.1 Å². The Morgan fingerprint density at radius 3 is 2.12 bits per heavy atom. The van der Waals surface area contributed by atoms with Crippen LogP contribution < -0.4 is 0 Å². The van der Waals surface area contributed by atoms with Crippen LogP contribution in [0.25, 0.3) is 0 Å². The minimum atomic E-state index is -4.82. The molecule has 0 N–H and O–H groups in total. The molecule has 0 spiro atoms. The molecule has 1 aromatic rings. The first-order chi connectivity index (χ1) is 7.03. The van der Waals surface area contributed by atoms with E-state index in [-0.39, 0.29) is 0 Å². The fraction of sp³-hybridized carbons (Fsp3) is 0.625. The number of halogens is 3. The Morgan fingerprint density at radius 1 is 1.38 bits per heavy atom. The molecular weight excluding hydrogens is 227 g/mol. The lowest BCUT2D eigenvalue weighted by Gasteiger charge is -2.18. The van der Waals surface area contributed by atoms with Gasteiger partial charge in [-0.15, -0.1) is 0 Å². The van der Waals surface area contributed by atoms with E-state index in [9.17, 15) is 23.3 Å². The fourth-order valence-electron chi connectivity index (χ4n) is 1.04. The highest BCUT2D eigenvalue weighted by molar-refractivity contribution is 5.35. The van der Waals surface area contributed by atoms with Crippen molar-refractivity contribution in [1.29, 1.82) is 0 Å². The number of aromatic nitrogens is 2. The van der Waals surface area contributed by atoms with E-state index < -0.39 is 28.0 Å². The van der Waals surface area contributed by atoms with Crippen LogP contribution in [0.15, 0.2) is 6.20 Å². The summed E-state index contributed by atoms with van der Waals surface area (Å²) in [6.07, 6.45) is -4.03. The van der Waals surface area contributed by atoms with Crippen LogP contribution in [0.5, 0.6) is 0 Å². The Balaban J connectivity index is 3.38. The van der Waals surface area contributed by atoms with Gasteiger partial charge in [0, 0.05) is 0 Å². The predicted octanol–water partition coefficient (Wildman–Crippen LogP) is 2.57. The van der Waals surface area contributed by atoms with Crippen LogP contribution in [0.3, 0.4) is 0 Å². The highest BCUT2D eigenvalue weighted by Crippen LogP contribution is 2.35. The van der Waals surface area contributed by atoms with E-state index in [0.29, 0.717) is 0 Å². The lowest BCUT2D eigenvalue weighted by atomic mass is 10.1. The number of nitro groups is 1. The zero-order valence-electron chi connectivity index (χ0n) is 8.87. The van der Waals surface area contributed by atoms with Crippen molar-refractivity contribution in [2.45, 2.75) is 32.5 Å². The molecule has 0 amide bonds. The molecule has 0 aliphatic heterocycles. The summed E-state index contributed by atoms with van der Waals surface area (Å²) in [4.78, 5) is 9.38. The molecule has 0 fully saturated rings. The van der Waals surface area contributed by atoms with Gasteiger partial charge >= 0.3 is 11.9 Å². The molecule has 1 heterocycles. The lowest BCUT2D eigenvalue weighted by molar-refractivity contribution is -0.388. The average Bonchev–Trinajstić information content (AvgIpc) is 2.44. The normalized spacial score (nSPS) is 12.9. The molecule has 1 aromatic heterocycles. The Bertz CT molecular complexity index is 417. The minimum absolute atomic E-state index is 0.742. The standard InChI is InChI=1S/C8H10F3N3O2/c1-7(2,3)13-4-5(14(15)16)6(12-13)8(9,10)11/h4H,1-3H3. The maximum absolute atomic E-state index is 12.4. The van der Waals surface area contributed by atoms with E-state index >= 15 is 0 Å². The van der Waals surface area contributed by atoms with E-state index in [1.807, 2.05) is 0 Å². The largest absolute Gasteiger partial charge is 0.442 e. The highest BCUT2D eigenvalue weighted by atomic mass is 19.4. The van der Waals surface area contributed by atoms with Gasteiger partial charge in [0.2, 0.25) is 5.69 Å². The van der Waals surface area contributed by atoms with Crippen molar-refractivity contribution in [3.05, 3.63) is 22.0 Å². The van der Waals surface area contributed by atoms with Gasteiger partial charge in [-0.05, 0) is 20.8 Å². The Labute approximate surface area is 89.0 Å². The summed E-state index contributed by atoms with van der Waals surface area (Å²) in [5.74, 6) is 0. The van der Waals surface area contributed by atoms with Gasteiger partial charge in [-0.1, -0.05) is 0 Å². The second kappa shape index (κ2) is 3.46. The zero-order valence-corrected chi connectivity index (χ0v) is 8.87. The van der Waals surface area contributed by atoms with Crippen LogP contribution >= 0.6 is 0 Å². The first-order valence-corrected chi connectivity index (χ1v) is 4.35. The van der Waals surface area contributed by atoms with Crippen molar-refractivity contribution in [3.8, 4) is 0 Å². The number of hydrogen-bond donors (Lipinski definition) is 0. The monoisotopic (exact) mass is 237 g/mol. The molecule has 8 heteroatoms. The van der Waals surface area contributed by atoms with Crippen molar-refractivity contribution in [2.24, 2.45) is 0 Å². The maximum atomic E-state index is 12.4. The second-order valence-corrected chi connectivity index (χ2v) is 4.23. The number of rotatable bonds is 1. The van der Waals surface area contributed by atoms with Gasteiger partial charge in [0.25, 0.3) is 0 Å². The number of alkyl halides is 3. The van der Waals surface area contributed by atoms with Crippen molar-refractivity contribution in [1.82, 2.24) is 9.78 Å². The minimum Gasteiger partial charge on any atom is -0.260 e. The number of hydrogen-bond acceptors (Lipinski definition) is 3. The predicted molar refractivity (Wildman–Crippen MR) is 48.9 cm³/mol. The molecule has 1 rings (SSSR count). The molecule has 0 aliphatic rings. The van der Waals surface area contributed by atoms with Crippen LogP contribution in [0.2, 0.25) is 0 Å². The lowest BCUT2D eigenvalue weighted by Crippen LogP contribution is -2.23. The van der Waals surface area contributed by atoms with Crippen molar-refractivity contribution in [3.63, 3.8) is 0 Å². The van der Waals surface area contributed by atoms with Crippen LogP contribution in [-0.2, 0) is 11.7 Å².